The van der Waals surface area contributed by atoms with Crippen LogP contribution < -0.4 is 0 Å². The molecule has 0 aromatic heterocycles. The van der Waals surface area contributed by atoms with Crippen molar-refractivity contribution in [1.82, 2.24) is 0 Å². The molecule has 3 nitrogen and oxygen atoms in total. The van der Waals surface area contributed by atoms with E-state index in [1.165, 1.54) is 0 Å². The second-order valence-electron chi connectivity index (χ2n) is 4.77. The largest absolute Gasteiger partial charge is 0.478 e. The van der Waals surface area contributed by atoms with E-state index in [0.29, 0.717) is 6.61 Å². The summed E-state index contributed by atoms with van der Waals surface area (Å²) in [4.78, 5) is 10.5. The van der Waals surface area contributed by atoms with Crippen molar-refractivity contribution >= 4 is 12.0 Å². The van der Waals surface area contributed by atoms with Crippen molar-refractivity contribution in [2.45, 2.75) is 33.0 Å². The van der Waals surface area contributed by atoms with Crippen molar-refractivity contribution in [3.05, 3.63) is 41.5 Å². The van der Waals surface area contributed by atoms with Gasteiger partial charge in [0.05, 0.1) is 12.2 Å². The van der Waals surface area contributed by atoms with Gasteiger partial charge in [-0.1, -0.05) is 24.3 Å². The Morgan fingerprint density at radius 3 is 2.59 bits per heavy atom. The quantitative estimate of drug-likeness (QED) is 0.814. The number of carbonyl (C=O) groups is 1. The standard InChI is InChI=1S/C14H18O3/c1-14(2,3)17-10-12-7-5-4-6-11(12)8-9-13(15)16/h4-9H,10H2,1-3H3,(H,15,16). The zero-order valence-electron chi connectivity index (χ0n) is 10.4. The molecule has 0 saturated heterocycles. The molecule has 1 aromatic carbocycles. The van der Waals surface area contributed by atoms with Crippen molar-refractivity contribution in [3.8, 4) is 0 Å². The van der Waals surface area contributed by atoms with Gasteiger partial charge in [0.25, 0.3) is 0 Å². The zero-order valence-corrected chi connectivity index (χ0v) is 10.4. The molecule has 92 valence electrons. The molecular formula is C14H18O3. The SMILES string of the molecule is CC(C)(C)OCc1ccccc1C=CC(=O)O. The number of carboxylic acids is 1. The molecule has 0 aliphatic carbocycles. The smallest absolute Gasteiger partial charge is 0.328 e. The lowest BCUT2D eigenvalue weighted by Gasteiger charge is -2.20. The maximum Gasteiger partial charge on any atom is 0.328 e. The molecule has 0 heterocycles. The van der Waals surface area contributed by atoms with E-state index >= 15 is 0 Å². The number of hydrogen-bond acceptors (Lipinski definition) is 2. The average Bonchev–Trinajstić information content (AvgIpc) is 2.23. The van der Waals surface area contributed by atoms with E-state index in [1.807, 2.05) is 45.0 Å². The van der Waals surface area contributed by atoms with E-state index in [2.05, 4.69) is 0 Å². The Hall–Kier alpha value is -1.61. The van der Waals surface area contributed by atoms with Crippen molar-refractivity contribution in [2.75, 3.05) is 0 Å². The van der Waals surface area contributed by atoms with Crippen LogP contribution in [-0.2, 0) is 16.1 Å². The number of aliphatic carboxylic acids is 1. The Morgan fingerprint density at radius 1 is 1.35 bits per heavy atom. The third-order valence-electron chi connectivity index (χ3n) is 2.12. The van der Waals surface area contributed by atoms with Crippen LogP contribution in [0.5, 0.6) is 0 Å². The highest BCUT2D eigenvalue weighted by molar-refractivity contribution is 5.85. The first-order chi connectivity index (χ1) is 7.88. The number of benzene rings is 1. The van der Waals surface area contributed by atoms with Gasteiger partial charge in [0, 0.05) is 6.08 Å². The Kier molecular flexibility index (Phi) is 4.46. The van der Waals surface area contributed by atoms with Crippen molar-refractivity contribution in [2.24, 2.45) is 0 Å². The maximum atomic E-state index is 10.5. The summed E-state index contributed by atoms with van der Waals surface area (Å²) in [7, 11) is 0. The van der Waals surface area contributed by atoms with Gasteiger partial charge in [-0.2, -0.15) is 0 Å². The van der Waals surface area contributed by atoms with Crippen LogP contribution in [0, 0.1) is 0 Å². The topological polar surface area (TPSA) is 46.5 Å². The van der Waals surface area contributed by atoms with Crippen LogP contribution in [0.15, 0.2) is 30.3 Å². The first-order valence-electron chi connectivity index (χ1n) is 5.51. The third kappa shape index (κ3) is 5.31. The summed E-state index contributed by atoms with van der Waals surface area (Å²) in [5.74, 6) is -0.948. The molecule has 0 fully saturated rings. The van der Waals surface area contributed by atoms with Crippen LogP contribution in [0.4, 0.5) is 0 Å². The van der Waals surface area contributed by atoms with E-state index in [-0.39, 0.29) is 5.60 Å². The van der Waals surface area contributed by atoms with Gasteiger partial charge >= 0.3 is 5.97 Å². The van der Waals surface area contributed by atoms with Gasteiger partial charge < -0.3 is 9.84 Å². The van der Waals surface area contributed by atoms with E-state index < -0.39 is 5.97 Å². The average molecular weight is 234 g/mol. The molecular weight excluding hydrogens is 216 g/mol. The molecule has 0 amide bonds. The fraction of sp³-hybridized carbons (Fsp3) is 0.357. The minimum Gasteiger partial charge on any atom is -0.478 e. The summed E-state index contributed by atoms with van der Waals surface area (Å²) in [6.45, 7) is 6.44. The summed E-state index contributed by atoms with van der Waals surface area (Å²) < 4.78 is 5.68. The Labute approximate surface area is 102 Å². The molecule has 0 bridgehead atoms. The summed E-state index contributed by atoms with van der Waals surface area (Å²) in [5, 5.41) is 8.61. The van der Waals surface area contributed by atoms with Gasteiger partial charge in [-0.3, -0.25) is 0 Å². The van der Waals surface area contributed by atoms with Crippen LogP contribution >= 0.6 is 0 Å². The predicted molar refractivity (Wildman–Crippen MR) is 67.7 cm³/mol. The molecule has 0 unspecified atom stereocenters. The van der Waals surface area contributed by atoms with E-state index in [4.69, 9.17) is 9.84 Å². The second-order valence-corrected chi connectivity index (χ2v) is 4.77. The molecule has 3 heteroatoms. The lowest BCUT2D eigenvalue weighted by molar-refractivity contribution is -0.131. The molecule has 1 aromatic rings. The lowest BCUT2D eigenvalue weighted by Crippen LogP contribution is -2.18. The highest BCUT2D eigenvalue weighted by Crippen LogP contribution is 2.16. The van der Waals surface area contributed by atoms with E-state index in [0.717, 1.165) is 17.2 Å². The molecule has 0 saturated carbocycles. The number of ether oxygens (including phenoxy) is 1. The van der Waals surface area contributed by atoms with Crippen LogP contribution in [0.3, 0.4) is 0 Å². The zero-order chi connectivity index (χ0) is 12.9. The van der Waals surface area contributed by atoms with Gasteiger partial charge in [-0.25, -0.2) is 4.79 Å². The molecule has 17 heavy (non-hydrogen) atoms. The van der Waals surface area contributed by atoms with Gasteiger partial charge in [0.15, 0.2) is 0 Å². The van der Waals surface area contributed by atoms with Gasteiger partial charge in [-0.15, -0.1) is 0 Å². The number of hydrogen-bond donors (Lipinski definition) is 1. The van der Waals surface area contributed by atoms with Gasteiger partial charge in [0.1, 0.15) is 0 Å². The molecule has 0 aliphatic heterocycles. The van der Waals surface area contributed by atoms with E-state index in [1.54, 1.807) is 6.08 Å². The Balaban J connectivity index is 2.81. The Morgan fingerprint density at radius 2 is 2.00 bits per heavy atom. The third-order valence-corrected chi connectivity index (χ3v) is 2.12. The summed E-state index contributed by atoms with van der Waals surface area (Å²) >= 11 is 0. The van der Waals surface area contributed by atoms with Crippen molar-refractivity contribution in [3.63, 3.8) is 0 Å². The van der Waals surface area contributed by atoms with Crippen LogP contribution in [0.2, 0.25) is 0 Å². The minimum atomic E-state index is -0.948. The van der Waals surface area contributed by atoms with Crippen molar-refractivity contribution < 1.29 is 14.6 Å². The fourth-order valence-corrected chi connectivity index (χ4v) is 1.28. The lowest BCUT2D eigenvalue weighted by atomic mass is 10.1. The summed E-state index contributed by atoms with van der Waals surface area (Å²) in [5.41, 5.74) is 1.66. The van der Waals surface area contributed by atoms with Crippen molar-refractivity contribution in [1.29, 1.82) is 0 Å². The summed E-state index contributed by atoms with van der Waals surface area (Å²) in [6, 6.07) is 7.61. The number of rotatable bonds is 4. The molecule has 0 radical (unpaired) electrons. The highest BCUT2D eigenvalue weighted by atomic mass is 16.5. The molecule has 0 aliphatic rings. The van der Waals surface area contributed by atoms with E-state index in [9.17, 15) is 4.79 Å². The second kappa shape index (κ2) is 5.64. The first kappa shape index (κ1) is 13.5. The van der Waals surface area contributed by atoms with Crippen LogP contribution in [0.25, 0.3) is 6.08 Å². The monoisotopic (exact) mass is 234 g/mol. The van der Waals surface area contributed by atoms with Crippen LogP contribution in [0.1, 0.15) is 31.9 Å². The van der Waals surface area contributed by atoms with Gasteiger partial charge in [0.2, 0.25) is 0 Å². The predicted octanol–water partition coefficient (Wildman–Crippen LogP) is 3.10. The first-order valence-corrected chi connectivity index (χ1v) is 5.51. The minimum absolute atomic E-state index is 0.205. The molecule has 1 N–H and O–H groups in total. The van der Waals surface area contributed by atoms with Crippen LogP contribution in [-0.4, -0.2) is 16.7 Å². The molecule has 1 rings (SSSR count). The Bertz CT molecular complexity index is 414. The normalized spacial score (nSPS) is 11.9. The molecule has 0 atom stereocenters. The fourth-order valence-electron chi connectivity index (χ4n) is 1.28. The van der Waals surface area contributed by atoms with Gasteiger partial charge in [-0.05, 0) is 38.0 Å². The highest BCUT2D eigenvalue weighted by Gasteiger charge is 2.10. The maximum absolute atomic E-state index is 10.5. The molecule has 0 spiro atoms. The summed E-state index contributed by atoms with van der Waals surface area (Å²) in [6.07, 6.45) is 2.72. The number of carboxylic acid groups (broad SMARTS) is 1.